The second-order valence-corrected chi connectivity index (χ2v) is 5.43. The van der Waals surface area contributed by atoms with Crippen molar-refractivity contribution in [3.8, 4) is 0 Å². The molecule has 1 aromatic heterocycles. The fourth-order valence-electron chi connectivity index (χ4n) is 2.51. The number of halogens is 1. The molecule has 1 fully saturated rings. The first-order chi connectivity index (χ1) is 9.61. The third-order valence-electron chi connectivity index (χ3n) is 3.91. The summed E-state index contributed by atoms with van der Waals surface area (Å²) >= 11 is 0. The van der Waals surface area contributed by atoms with Crippen LogP contribution in [0.15, 0.2) is 18.3 Å². The average molecular weight is 280 g/mol. The van der Waals surface area contributed by atoms with Gasteiger partial charge in [0, 0.05) is 25.0 Å². The number of hydrogen-bond acceptors (Lipinski definition) is 4. The van der Waals surface area contributed by atoms with Gasteiger partial charge in [0.25, 0.3) is 0 Å². The second kappa shape index (κ2) is 6.90. The van der Waals surface area contributed by atoms with Crippen molar-refractivity contribution < 1.29 is 14.3 Å². The molecule has 2 rings (SSSR count). The van der Waals surface area contributed by atoms with E-state index in [1.807, 2.05) is 6.92 Å². The second-order valence-electron chi connectivity index (χ2n) is 5.43. The van der Waals surface area contributed by atoms with Gasteiger partial charge >= 0.3 is 0 Å². The molecule has 1 unspecified atom stereocenters. The Morgan fingerprint density at radius 3 is 2.80 bits per heavy atom. The SMILES string of the molecule is CC(CN(CCO)C1CCC1)C(=O)c1ccc(F)cn1. The predicted molar refractivity (Wildman–Crippen MR) is 74.0 cm³/mol. The van der Waals surface area contributed by atoms with E-state index in [0.29, 0.717) is 24.8 Å². The molecule has 1 aliphatic rings. The summed E-state index contributed by atoms with van der Waals surface area (Å²) in [6.45, 7) is 3.17. The van der Waals surface area contributed by atoms with E-state index < -0.39 is 5.82 Å². The van der Waals surface area contributed by atoms with E-state index in [2.05, 4.69) is 9.88 Å². The number of rotatable bonds is 7. The van der Waals surface area contributed by atoms with E-state index in [1.165, 1.54) is 18.6 Å². The maximum atomic E-state index is 12.8. The van der Waals surface area contributed by atoms with Crippen molar-refractivity contribution in [2.45, 2.75) is 32.2 Å². The molecular formula is C15H21FN2O2. The van der Waals surface area contributed by atoms with Crippen molar-refractivity contribution in [2.24, 2.45) is 5.92 Å². The minimum Gasteiger partial charge on any atom is -0.395 e. The number of nitrogens with zero attached hydrogens (tertiary/aromatic N) is 2. The number of aliphatic hydroxyl groups is 1. The molecule has 0 aliphatic heterocycles. The Labute approximate surface area is 118 Å². The summed E-state index contributed by atoms with van der Waals surface area (Å²) < 4.78 is 12.8. The van der Waals surface area contributed by atoms with Gasteiger partial charge in [-0.05, 0) is 25.0 Å². The quantitative estimate of drug-likeness (QED) is 0.775. The van der Waals surface area contributed by atoms with Crippen LogP contribution >= 0.6 is 0 Å². The van der Waals surface area contributed by atoms with Crippen LogP contribution in [0.3, 0.4) is 0 Å². The van der Waals surface area contributed by atoms with Crippen LogP contribution in [0.25, 0.3) is 0 Å². The first-order valence-corrected chi connectivity index (χ1v) is 7.12. The monoisotopic (exact) mass is 280 g/mol. The first-order valence-electron chi connectivity index (χ1n) is 7.12. The molecule has 0 radical (unpaired) electrons. The van der Waals surface area contributed by atoms with Crippen molar-refractivity contribution in [2.75, 3.05) is 19.7 Å². The molecule has 0 aromatic carbocycles. The molecule has 1 aliphatic carbocycles. The Bertz CT molecular complexity index is 446. The van der Waals surface area contributed by atoms with Crippen molar-refractivity contribution >= 4 is 5.78 Å². The van der Waals surface area contributed by atoms with Gasteiger partial charge in [-0.3, -0.25) is 14.7 Å². The Kier molecular flexibility index (Phi) is 5.20. The largest absolute Gasteiger partial charge is 0.395 e. The van der Waals surface area contributed by atoms with Crippen LogP contribution in [0.5, 0.6) is 0 Å². The Morgan fingerprint density at radius 1 is 1.55 bits per heavy atom. The summed E-state index contributed by atoms with van der Waals surface area (Å²) in [6.07, 6.45) is 4.55. The molecule has 110 valence electrons. The van der Waals surface area contributed by atoms with Crippen LogP contribution in [0.4, 0.5) is 4.39 Å². The van der Waals surface area contributed by atoms with Crippen LogP contribution in [-0.2, 0) is 0 Å². The number of Topliss-reactive ketones (excluding diaryl/α,β-unsaturated/α-hetero) is 1. The lowest BCUT2D eigenvalue weighted by molar-refractivity contribution is 0.0714. The molecule has 0 bridgehead atoms. The Balaban J connectivity index is 1.96. The molecule has 1 atom stereocenters. The molecule has 1 saturated carbocycles. The van der Waals surface area contributed by atoms with Crippen molar-refractivity contribution in [1.29, 1.82) is 0 Å². The smallest absolute Gasteiger partial charge is 0.185 e. The minimum absolute atomic E-state index is 0.0766. The van der Waals surface area contributed by atoms with Crippen molar-refractivity contribution in [3.05, 3.63) is 29.8 Å². The van der Waals surface area contributed by atoms with E-state index in [4.69, 9.17) is 5.11 Å². The van der Waals surface area contributed by atoms with Crippen molar-refractivity contribution in [1.82, 2.24) is 9.88 Å². The van der Waals surface area contributed by atoms with E-state index in [1.54, 1.807) is 0 Å². The summed E-state index contributed by atoms with van der Waals surface area (Å²) in [7, 11) is 0. The van der Waals surface area contributed by atoms with E-state index in [0.717, 1.165) is 19.0 Å². The summed E-state index contributed by atoms with van der Waals surface area (Å²) in [5.74, 6) is -0.724. The first kappa shape index (κ1) is 15.1. The Morgan fingerprint density at radius 2 is 2.30 bits per heavy atom. The number of hydrogen-bond donors (Lipinski definition) is 1. The van der Waals surface area contributed by atoms with Gasteiger partial charge in [0.05, 0.1) is 12.8 Å². The maximum Gasteiger partial charge on any atom is 0.185 e. The highest BCUT2D eigenvalue weighted by atomic mass is 19.1. The molecule has 1 heterocycles. The zero-order chi connectivity index (χ0) is 14.5. The van der Waals surface area contributed by atoms with E-state index >= 15 is 0 Å². The number of pyridine rings is 1. The Hall–Kier alpha value is -1.33. The zero-order valence-corrected chi connectivity index (χ0v) is 11.8. The highest BCUT2D eigenvalue weighted by molar-refractivity contribution is 5.95. The van der Waals surface area contributed by atoms with Crippen molar-refractivity contribution in [3.63, 3.8) is 0 Å². The van der Waals surface area contributed by atoms with Gasteiger partial charge in [0.1, 0.15) is 11.5 Å². The number of carbonyl (C=O) groups is 1. The van der Waals surface area contributed by atoms with E-state index in [9.17, 15) is 9.18 Å². The summed E-state index contributed by atoms with van der Waals surface area (Å²) in [5, 5.41) is 9.12. The molecule has 5 heteroatoms. The number of carbonyl (C=O) groups excluding carboxylic acids is 1. The fraction of sp³-hybridized carbons (Fsp3) is 0.600. The third-order valence-corrected chi connectivity index (χ3v) is 3.91. The number of aliphatic hydroxyl groups excluding tert-OH is 1. The average Bonchev–Trinajstić information content (AvgIpc) is 2.37. The molecule has 0 spiro atoms. The summed E-state index contributed by atoms with van der Waals surface area (Å²) in [6, 6.07) is 3.16. The van der Waals surface area contributed by atoms with E-state index in [-0.39, 0.29) is 18.3 Å². The van der Waals surface area contributed by atoms with Crippen LogP contribution in [0, 0.1) is 11.7 Å². The number of aromatic nitrogens is 1. The lowest BCUT2D eigenvalue weighted by atomic mass is 9.90. The lowest BCUT2D eigenvalue weighted by Gasteiger charge is -2.38. The van der Waals surface area contributed by atoms with Gasteiger partial charge in [-0.15, -0.1) is 0 Å². The molecule has 0 amide bonds. The van der Waals surface area contributed by atoms with Crippen LogP contribution in [0.1, 0.15) is 36.7 Å². The predicted octanol–water partition coefficient (Wildman–Crippen LogP) is 1.89. The van der Waals surface area contributed by atoms with Gasteiger partial charge < -0.3 is 5.11 Å². The minimum atomic E-state index is -0.439. The third kappa shape index (κ3) is 3.61. The van der Waals surface area contributed by atoms with Gasteiger partial charge in [-0.2, -0.15) is 0 Å². The summed E-state index contributed by atoms with van der Waals surface area (Å²) in [5.41, 5.74) is 0.302. The van der Waals surface area contributed by atoms with Crippen LogP contribution in [0.2, 0.25) is 0 Å². The summed E-state index contributed by atoms with van der Waals surface area (Å²) in [4.78, 5) is 18.3. The highest BCUT2D eigenvalue weighted by Gasteiger charge is 2.27. The van der Waals surface area contributed by atoms with Gasteiger partial charge in [-0.1, -0.05) is 13.3 Å². The van der Waals surface area contributed by atoms with Crippen LogP contribution in [-0.4, -0.2) is 46.5 Å². The fourth-order valence-corrected chi connectivity index (χ4v) is 2.51. The molecule has 1 aromatic rings. The van der Waals surface area contributed by atoms with Gasteiger partial charge in [-0.25, -0.2) is 4.39 Å². The molecule has 4 nitrogen and oxygen atoms in total. The lowest BCUT2D eigenvalue weighted by Crippen LogP contribution is -2.45. The maximum absolute atomic E-state index is 12.8. The molecule has 20 heavy (non-hydrogen) atoms. The van der Waals surface area contributed by atoms with Gasteiger partial charge in [0.15, 0.2) is 5.78 Å². The zero-order valence-electron chi connectivity index (χ0n) is 11.8. The molecule has 1 N–H and O–H groups in total. The normalized spacial score (nSPS) is 17.0. The number of ketones is 1. The molecular weight excluding hydrogens is 259 g/mol. The standard InChI is InChI=1S/C15H21FN2O2/c1-11(10-18(7-8-19)13-3-2-4-13)15(20)14-6-5-12(16)9-17-14/h5-6,9,11,13,19H,2-4,7-8,10H2,1H3. The topological polar surface area (TPSA) is 53.4 Å². The van der Waals surface area contributed by atoms with Gasteiger partial charge in [0.2, 0.25) is 0 Å². The van der Waals surface area contributed by atoms with Crippen LogP contribution < -0.4 is 0 Å². The molecule has 0 saturated heterocycles. The highest BCUT2D eigenvalue weighted by Crippen LogP contribution is 2.25.